The van der Waals surface area contributed by atoms with Crippen LogP contribution in [0, 0.1) is 0 Å². The maximum atomic E-state index is 12.4. The van der Waals surface area contributed by atoms with E-state index in [0.29, 0.717) is 24.3 Å². The number of carbonyl (C=O) groups is 2. The van der Waals surface area contributed by atoms with Crippen molar-refractivity contribution >= 4 is 11.7 Å². The number of carbonyl (C=O) groups excluding carboxylic acids is 2. The highest BCUT2D eigenvalue weighted by atomic mass is 16.2. The largest absolute Gasteiger partial charge is 0.356 e. The fourth-order valence-corrected chi connectivity index (χ4v) is 2.11. The Bertz CT molecular complexity index is 619. The summed E-state index contributed by atoms with van der Waals surface area (Å²) in [7, 11) is 0. The summed E-state index contributed by atoms with van der Waals surface area (Å²) in [6, 6.07) is 5.50. The first kappa shape index (κ1) is 15.0. The number of hydrogen-bond donors (Lipinski definition) is 1. The molecule has 0 saturated heterocycles. The van der Waals surface area contributed by atoms with Gasteiger partial charge in [-0.1, -0.05) is 0 Å². The van der Waals surface area contributed by atoms with Crippen molar-refractivity contribution in [3.8, 4) is 0 Å². The van der Waals surface area contributed by atoms with E-state index in [1.54, 1.807) is 29.6 Å². The molecule has 1 N–H and O–H groups in total. The van der Waals surface area contributed by atoms with Gasteiger partial charge in [0, 0.05) is 37.2 Å². The molecule has 0 spiro atoms. The van der Waals surface area contributed by atoms with Crippen LogP contribution in [0.1, 0.15) is 40.3 Å². The van der Waals surface area contributed by atoms with Gasteiger partial charge in [-0.2, -0.15) is 0 Å². The van der Waals surface area contributed by atoms with Crippen LogP contribution in [0.15, 0.2) is 36.8 Å². The normalized spacial score (nSPS) is 10.4. The number of rotatable bonds is 6. The second-order valence-corrected chi connectivity index (χ2v) is 4.85. The fourth-order valence-electron chi connectivity index (χ4n) is 2.11. The summed E-state index contributed by atoms with van der Waals surface area (Å²) >= 11 is 0. The summed E-state index contributed by atoms with van der Waals surface area (Å²) in [6.45, 7) is 4.68. The van der Waals surface area contributed by atoms with E-state index < -0.39 is 0 Å². The standard InChI is InChI=1S/C16H19N3O2/c1-3-19(9-6-13-4-7-17-8-5-13)16(21)15-10-14(11-18-15)12(2)20/h4-5,7-8,10-11,18H,3,6,9H2,1-2H3. The summed E-state index contributed by atoms with van der Waals surface area (Å²) in [5.74, 6) is -0.135. The molecular formula is C16H19N3O2. The molecular weight excluding hydrogens is 266 g/mol. The lowest BCUT2D eigenvalue weighted by Gasteiger charge is -2.20. The van der Waals surface area contributed by atoms with Crippen molar-refractivity contribution in [2.75, 3.05) is 13.1 Å². The summed E-state index contributed by atoms with van der Waals surface area (Å²) in [5, 5.41) is 0. The lowest BCUT2D eigenvalue weighted by molar-refractivity contribution is 0.0761. The molecule has 2 aromatic rings. The van der Waals surface area contributed by atoms with Gasteiger partial charge in [-0.3, -0.25) is 14.6 Å². The Kier molecular flexibility index (Phi) is 4.87. The molecule has 110 valence electrons. The van der Waals surface area contributed by atoms with E-state index >= 15 is 0 Å². The smallest absolute Gasteiger partial charge is 0.270 e. The average molecular weight is 285 g/mol. The second kappa shape index (κ2) is 6.83. The van der Waals surface area contributed by atoms with Gasteiger partial charge in [0.1, 0.15) is 5.69 Å². The van der Waals surface area contributed by atoms with Gasteiger partial charge in [0.25, 0.3) is 5.91 Å². The zero-order valence-corrected chi connectivity index (χ0v) is 12.3. The van der Waals surface area contributed by atoms with Gasteiger partial charge in [0.2, 0.25) is 0 Å². The van der Waals surface area contributed by atoms with E-state index in [4.69, 9.17) is 0 Å². The Labute approximate surface area is 124 Å². The van der Waals surface area contributed by atoms with Gasteiger partial charge in [-0.25, -0.2) is 0 Å². The van der Waals surface area contributed by atoms with E-state index in [9.17, 15) is 9.59 Å². The Morgan fingerprint density at radius 1 is 1.29 bits per heavy atom. The predicted octanol–water partition coefficient (Wildman–Crippen LogP) is 2.32. The first-order valence-corrected chi connectivity index (χ1v) is 6.99. The van der Waals surface area contributed by atoms with E-state index in [1.165, 1.54) is 6.92 Å². The molecule has 0 radical (unpaired) electrons. The summed E-state index contributed by atoms with van der Waals surface area (Å²) in [5.41, 5.74) is 2.13. The maximum Gasteiger partial charge on any atom is 0.270 e. The van der Waals surface area contributed by atoms with Gasteiger partial charge in [0.15, 0.2) is 5.78 Å². The number of H-pyrrole nitrogens is 1. The number of aromatic nitrogens is 2. The van der Waals surface area contributed by atoms with Crippen LogP contribution in [0.4, 0.5) is 0 Å². The number of nitrogens with zero attached hydrogens (tertiary/aromatic N) is 2. The van der Waals surface area contributed by atoms with Crippen molar-refractivity contribution < 1.29 is 9.59 Å². The first-order chi connectivity index (χ1) is 10.1. The number of likely N-dealkylation sites (N-methyl/N-ethyl adjacent to an activating group) is 1. The van der Waals surface area contributed by atoms with E-state index in [1.807, 2.05) is 19.1 Å². The van der Waals surface area contributed by atoms with Crippen LogP contribution in [0.25, 0.3) is 0 Å². The van der Waals surface area contributed by atoms with Gasteiger partial charge in [-0.15, -0.1) is 0 Å². The highest BCUT2D eigenvalue weighted by Crippen LogP contribution is 2.09. The molecule has 1 amide bonds. The molecule has 0 aromatic carbocycles. The minimum Gasteiger partial charge on any atom is -0.356 e. The van der Waals surface area contributed by atoms with Crippen LogP contribution in [0.2, 0.25) is 0 Å². The van der Waals surface area contributed by atoms with Crippen LogP contribution in [0.5, 0.6) is 0 Å². The molecule has 2 rings (SSSR count). The Hall–Kier alpha value is -2.43. The number of Topliss-reactive ketones (excluding diaryl/α,β-unsaturated/α-hetero) is 1. The topological polar surface area (TPSA) is 66.1 Å². The van der Waals surface area contributed by atoms with E-state index in [0.717, 1.165) is 12.0 Å². The predicted molar refractivity (Wildman–Crippen MR) is 80.3 cm³/mol. The van der Waals surface area contributed by atoms with Crippen molar-refractivity contribution in [3.05, 3.63) is 53.6 Å². The first-order valence-electron chi connectivity index (χ1n) is 6.99. The van der Waals surface area contributed by atoms with Crippen LogP contribution < -0.4 is 0 Å². The molecule has 0 atom stereocenters. The van der Waals surface area contributed by atoms with E-state index in [2.05, 4.69) is 9.97 Å². The van der Waals surface area contributed by atoms with Crippen LogP contribution in [-0.2, 0) is 6.42 Å². The molecule has 0 aliphatic rings. The molecule has 0 fully saturated rings. The molecule has 0 aliphatic carbocycles. The number of pyridine rings is 1. The zero-order valence-electron chi connectivity index (χ0n) is 12.3. The van der Waals surface area contributed by atoms with Crippen molar-refractivity contribution in [3.63, 3.8) is 0 Å². The lowest BCUT2D eigenvalue weighted by atomic mass is 10.2. The van der Waals surface area contributed by atoms with Gasteiger partial charge >= 0.3 is 0 Å². The van der Waals surface area contributed by atoms with E-state index in [-0.39, 0.29) is 11.7 Å². The third kappa shape index (κ3) is 3.78. The zero-order chi connectivity index (χ0) is 15.2. The fraction of sp³-hybridized carbons (Fsp3) is 0.312. The van der Waals surface area contributed by atoms with Crippen molar-refractivity contribution in [2.24, 2.45) is 0 Å². The van der Waals surface area contributed by atoms with Crippen LogP contribution >= 0.6 is 0 Å². The minimum atomic E-state index is -0.0842. The molecule has 0 aliphatic heterocycles. The average Bonchev–Trinajstić information content (AvgIpc) is 2.99. The molecule has 21 heavy (non-hydrogen) atoms. The lowest BCUT2D eigenvalue weighted by Crippen LogP contribution is -2.33. The quantitative estimate of drug-likeness (QED) is 0.828. The maximum absolute atomic E-state index is 12.4. The molecule has 5 nitrogen and oxygen atoms in total. The summed E-state index contributed by atoms with van der Waals surface area (Å²) in [4.78, 5) is 32.3. The number of amides is 1. The van der Waals surface area contributed by atoms with Gasteiger partial charge in [-0.05, 0) is 44.0 Å². The van der Waals surface area contributed by atoms with Crippen molar-refractivity contribution in [2.45, 2.75) is 20.3 Å². The van der Waals surface area contributed by atoms with Gasteiger partial charge in [0.05, 0.1) is 0 Å². The highest BCUT2D eigenvalue weighted by Gasteiger charge is 2.16. The van der Waals surface area contributed by atoms with Crippen molar-refractivity contribution in [1.29, 1.82) is 0 Å². The number of ketones is 1. The highest BCUT2D eigenvalue weighted by molar-refractivity contribution is 5.99. The second-order valence-electron chi connectivity index (χ2n) is 4.85. The number of hydrogen-bond acceptors (Lipinski definition) is 3. The SMILES string of the molecule is CCN(CCc1ccncc1)C(=O)c1cc(C(C)=O)c[nH]1. The Morgan fingerprint density at radius 2 is 2.00 bits per heavy atom. The van der Waals surface area contributed by atoms with Gasteiger partial charge < -0.3 is 9.88 Å². The monoisotopic (exact) mass is 285 g/mol. The number of aromatic amines is 1. The summed E-state index contributed by atoms with van der Waals surface area (Å²) in [6.07, 6.45) is 5.85. The molecule has 0 unspecified atom stereocenters. The summed E-state index contributed by atoms with van der Waals surface area (Å²) < 4.78 is 0. The minimum absolute atomic E-state index is 0.0508. The Morgan fingerprint density at radius 3 is 2.57 bits per heavy atom. The third-order valence-corrected chi connectivity index (χ3v) is 3.41. The molecule has 0 bridgehead atoms. The molecule has 0 saturated carbocycles. The number of nitrogens with one attached hydrogen (secondary N) is 1. The third-order valence-electron chi connectivity index (χ3n) is 3.41. The molecule has 2 aromatic heterocycles. The Balaban J connectivity index is 2.02. The van der Waals surface area contributed by atoms with Crippen LogP contribution in [0.3, 0.4) is 0 Å². The molecule has 5 heteroatoms. The molecule has 2 heterocycles. The van der Waals surface area contributed by atoms with Crippen molar-refractivity contribution in [1.82, 2.24) is 14.9 Å². The van der Waals surface area contributed by atoms with Crippen LogP contribution in [-0.4, -0.2) is 39.6 Å².